The van der Waals surface area contributed by atoms with E-state index in [1.54, 1.807) is 0 Å². The van der Waals surface area contributed by atoms with Gasteiger partial charge >= 0.3 is 11.9 Å². The first-order valence-electron chi connectivity index (χ1n) is 10.4. The van der Waals surface area contributed by atoms with Gasteiger partial charge < -0.3 is 37.2 Å². The van der Waals surface area contributed by atoms with Gasteiger partial charge in [-0.3, -0.25) is 24.0 Å². The van der Waals surface area contributed by atoms with Crippen LogP contribution in [0.15, 0.2) is 0 Å². The zero-order valence-corrected chi connectivity index (χ0v) is 19.1. The Balaban J connectivity index is 3.00. The number of carbonyl (C=O) groups excluding carboxylic acids is 4. The third kappa shape index (κ3) is 9.26. The number of nitrogens with zero attached hydrogens (tertiary/aromatic N) is 1. The van der Waals surface area contributed by atoms with Crippen LogP contribution in [0.3, 0.4) is 0 Å². The van der Waals surface area contributed by atoms with Crippen LogP contribution in [0.2, 0.25) is 0 Å². The number of carboxylic acids is 2. The monoisotopic (exact) mass is 489 g/mol. The van der Waals surface area contributed by atoms with E-state index in [0.717, 1.165) is 4.90 Å². The third-order valence-corrected chi connectivity index (χ3v) is 5.73. The van der Waals surface area contributed by atoms with E-state index in [2.05, 4.69) is 10.6 Å². The van der Waals surface area contributed by atoms with E-state index in [0.29, 0.717) is 18.6 Å². The van der Waals surface area contributed by atoms with E-state index in [-0.39, 0.29) is 19.4 Å². The molecule has 33 heavy (non-hydrogen) atoms. The van der Waals surface area contributed by atoms with Crippen molar-refractivity contribution in [1.29, 1.82) is 0 Å². The molecule has 186 valence electrons. The Morgan fingerprint density at radius 2 is 1.70 bits per heavy atom. The molecule has 14 heteroatoms. The normalized spacial score (nSPS) is 18.1. The number of hydrogen-bond donors (Lipinski definition) is 6. The Kier molecular flexibility index (Phi) is 11.6. The van der Waals surface area contributed by atoms with Crippen LogP contribution in [0, 0.1) is 0 Å². The van der Waals surface area contributed by atoms with Crippen molar-refractivity contribution in [1.82, 2.24) is 15.5 Å². The van der Waals surface area contributed by atoms with Crippen LogP contribution in [-0.4, -0.2) is 93.4 Å². The highest BCUT2D eigenvalue weighted by atomic mass is 32.2. The third-order valence-electron chi connectivity index (χ3n) is 5.09. The second-order valence-electron chi connectivity index (χ2n) is 7.64. The smallest absolute Gasteiger partial charge is 0.326 e. The molecular formula is C19H31N5O8S. The number of nitrogens with two attached hydrogens (primary N) is 2. The van der Waals surface area contributed by atoms with Gasteiger partial charge in [-0.25, -0.2) is 4.79 Å². The van der Waals surface area contributed by atoms with E-state index in [9.17, 15) is 33.9 Å². The number of amides is 4. The van der Waals surface area contributed by atoms with E-state index in [4.69, 9.17) is 16.6 Å². The van der Waals surface area contributed by atoms with E-state index in [1.807, 2.05) is 6.26 Å². The largest absolute Gasteiger partial charge is 0.481 e. The lowest BCUT2D eigenvalue weighted by molar-refractivity contribution is -0.149. The average molecular weight is 490 g/mol. The fourth-order valence-corrected chi connectivity index (χ4v) is 3.84. The van der Waals surface area contributed by atoms with Gasteiger partial charge in [-0.1, -0.05) is 0 Å². The minimum absolute atomic E-state index is 0.129. The van der Waals surface area contributed by atoms with Gasteiger partial charge in [0, 0.05) is 13.0 Å². The van der Waals surface area contributed by atoms with Crippen LogP contribution in [0.1, 0.15) is 38.5 Å². The first-order chi connectivity index (χ1) is 15.5. The molecule has 0 spiro atoms. The fourth-order valence-electron chi connectivity index (χ4n) is 3.35. The molecular weight excluding hydrogens is 458 g/mol. The minimum atomic E-state index is -1.47. The lowest BCUT2D eigenvalue weighted by atomic mass is 10.1. The van der Waals surface area contributed by atoms with Crippen LogP contribution in [0.5, 0.6) is 0 Å². The molecule has 4 atom stereocenters. The topological polar surface area (TPSA) is 222 Å². The number of thioether (sulfide) groups is 1. The second-order valence-corrected chi connectivity index (χ2v) is 8.63. The SMILES string of the molecule is CSCCC(N)C(=O)NC(CCC(=O)O)C(=O)NC(CC(N)=O)C(=O)N1CCCC1C(=O)O. The first kappa shape index (κ1) is 28.2. The number of primary amides is 1. The standard InChI is InChI=1S/C19H31N5O8S/c1-33-8-6-10(20)16(28)22-11(4-5-15(26)27)17(29)23-12(9-14(21)25)18(30)24-7-2-3-13(24)19(31)32/h10-13H,2-9,20H2,1H3,(H2,21,25)(H,22,28)(H,23,29)(H,26,27)(H,31,32). The Morgan fingerprint density at radius 1 is 1.06 bits per heavy atom. The lowest BCUT2D eigenvalue weighted by Crippen LogP contribution is -2.57. The molecule has 1 fully saturated rings. The highest BCUT2D eigenvalue weighted by molar-refractivity contribution is 7.98. The van der Waals surface area contributed by atoms with Crippen molar-refractivity contribution in [2.75, 3.05) is 18.6 Å². The molecule has 1 aliphatic rings. The van der Waals surface area contributed by atoms with Gasteiger partial charge in [0.25, 0.3) is 0 Å². The van der Waals surface area contributed by atoms with Crippen molar-refractivity contribution in [2.24, 2.45) is 11.5 Å². The maximum Gasteiger partial charge on any atom is 0.326 e. The number of aliphatic carboxylic acids is 2. The van der Waals surface area contributed by atoms with Crippen molar-refractivity contribution in [3.05, 3.63) is 0 Å². The lowest BCUT2D eigenvalue weighted by Gasteiger charge is -2.28. The fraction of sp³-hybridized carbons (Fsp3) is 0.684. The summed E-state index contributed by atoms with van der Waals surface area (Å²) in [6, 6.07) is -4.83. The highest BCUT2D eigenvalue weighted by Gasteiger charge is 2.39. The van der Waals surface area contributed by atoms with Gasteiger partial charge in [-0.2, -0.15) is 11.8 Å². The first-order valence-corrected chi connectivity index (χ1v) is 11.8. The molecule has 1 aliphatic heterocycles. The Labute approximate surface area is 195 Å². The predicted octanol–water partition coefficient (Wildman–Crippen LogP) is -2.15. The molecule has 1 heterocycles. The van der Waals surface area contributed by atoms with E-state index >= 15 is 0 Å². The Morgan fingerprint density at radius 3 is 2.24 bits per heavy atom. The molecule has 0 saturated carbocycles. The summed E-state index contributed by atoms with van der Waals surface area (Å²) in [5.41, 5.74) is 11.0. The molecule has 0 aromatic rings. The summed E-state index contributed by atoms with van der Waals surface area (Å²) in [4.78, 5) is 73.1. The van der Waals surface area contributed by atoms with Crippen molar-refractivity contribution >= 4 is 47.3 Å². The summed E-state index contributed by atoms with van der Waals surface area (Å²) in [7, 11) is 0. The molecule has 4 amide bonds. The highest BCUT2D eigenvalue weighted by Crippen LogP contribution is 2.19. The van der Waals surface area contributed by atoms with Crippen molar-refractivity contribution < 1.29 is 39.0 Å². The Hall–Kier alpha value is -2.87. The second kappa shape index (κ2) is 13.6. The number of rotatable bonds is 14. The molecule has 0 radical (unpaired) electrons. The summed E-state index contributed by atoms with van der Waals surface area (Å²) in [5.74, 6) is -5.12. The number of hydrogen-bond acceptors (Lipinski definition) is 8. The summed E-state index contributed by atoms with van der Waals surface area (Å²) in [6.45, 7) is 0.129. The van der Waals surface area contributed by atoms with Gasteiger partial charge in [-0.05, 0) is 37.7 Å². The van der Waals surface area contributed by atoms with Gasteiger partial charge in [-0.15, -0.1) is 0 Å². The van der Waals surface area contributed by atoms with Gasteiger partial charge in [0.2, 0.25) is 23.6 Å². The molecule has 0 aliphatic carbocycles. The van der Waals surface area contributed by atoms with Gasteiger partial charge in [0.1, 0.15) is 18.1 Å². The summed E-state index contributed by atoms with van der Waals surface area (Å²) >= 11 is 1.47. The maximum absolute atomic E-state index is 12.9. The van der Waals surface area contributed by atoms with Crippen molar-refractivity contribution in [3.8, 4) is 0 Å². The summed E-state index contributed by atoms with van der Waals surface area (Å²) < 4.78 is 0. The number of carbonyl (C=O) groups is 6. The van der Waals surface area contributed by atoms with Gasteiger partial charge in [0.15, 0.2) is 0 Å². The average Bonchev–Trinajstić information content (AvgIpc) is 3.23. The zero-order chi connectivity index (χ0) is 25.1. The molecule has 0 bridgehead atoms. The molecule has 0 aromatic carbocycles. The van der Waals surface area contributed by atoms with Crippen molar-refractivity contribution in [2.45, 2.75) is 62.7 Å². The predicted molar refractivity (Wildman–Crippen MR) is 118 cm³/mol. The molecule has 0 aromatic heterocycles. The van der Waals surface area contributed by atoms with Crippen LogP contribution in [-0.2, 0) is 28.8 Å². The Bertz CT molecular complexity index is 764. The van der Waals surface area contributed by atoms with Gasteiger partial charge in [0.05, 0.1) is 12.5 Å². The number of nitrogens with one attached hydrogen (secondary N) is 2. The van der Waals surface area contributed by atoms with Crippen LogP contribution >= 0.6 is 11.8 Å². The van der Waals surface area contributed by atoms with Crippen LogP contribution in [0.4, 0.5) is 0 Å². The van der Waals surface area contributed by atoms with E-state index in [1.165, 1.54) is 11.8 Å². The van der Waals surface area contributed by atoms with Crippen molar-refractivity contribution in [3.63, 3.8) is 0 Å². The number of likely N-dealkylation sites (tertiary alicyclic amines) is 1. The summed E-state index contributed by atoms with van der Waals surface area (Å²) in [5, 5.41) is 23.0. The summed E-state index contributed by atoms with van der Waals surface area (Å²) in [6.07, 6.45) is 1.48. The molecule has 4 unspecified atom stereocenters. The molecule has 13 nitrogen and oxygen atoms in total. The minimum Gasteiger partial charge on any atom is -0.481 e. The quantitative estimate of drug-likeness (QED) is 0.155. The number of carboxylic acid groups (broad SMARTS) is 2. The van der Waals surface area contributed by atoms with Crippen LogP contribution in [0.25, 0.3) is 0 Å². The molecule has 1 saturated heterocycles. The zero-order valence-electron chi connectivity index (χ0n) is 18.3. The van der Waals surface area contributed by atoms with Crippen LogP contribution < -0.4 is 22.1 Å². The maximum atomic E-state index is 12.9. The molecule has 1 rings (SSSR count). The van der Waals surface area contributed by atoms with E-state index < -0.39 is 72.6 Å². The molecule has 8 N–H and O–H groups in total.